The van der Waals surface area contributed by atoms with Crippen molar-refractivity contribution in [2.75, 3.05) is 5.32 Å². The number of primary amides is 1. The van der Waals surface area contributed by atoms with Crippen LogP contribution in [0.3, 0.4) is 0 Å². The maximum atomic E-state index is 13.9. The van der Waals surface area contributed by atoms with Gasteiger partial charge in [0.1, 0.15) is 0 Å². The number of nitrogens with two attached hydrogens (primary N) is 1. The number of carbonyl (C=O) groups excluding carboxylic acids is 2. The summed E-state index contributed by atoms with van der Waals surface area (Å²) in [6, 6.07) is 7.02. The van der Waals surface area contributed by atoms with Crippen LogP contribution in [-0.2, 0) is 0 Å². The molecule has 23 heavy (non-hydrogen) atoms. The third-order valence-electron chi connectivity index (χ3n) is 2.89. The Kier molecular flexibility index (Phi) is 4.56. The zero-order chi connectivity index (χ0) is 17.1. The highest BCUT2D eigenvalue weighted by atomic mass is 35.5. The zero-order valence-electron chi connectivity index (χ0n) is 11.4. The van der Waals surface area contributed by atoms with Crippen LogP contribution in [0.5, 0.6) is 0 Å². The normalized spacial score (nSPS) is 10.2. The standard InChI is InChI=1S/C14H9ClFN3O4/c15-10-5-9(19(22)23)6-11(16)12(10)18-14(21)8-3-1-2-7(4-8)13(17)20/h1-6H,(H2,17,20)(H,18,21). The molecule has 0 aliphatic rings. The predicted molar refractivity (Wildman–Crippen MR) is 81.0 cm³/mol. The second-order valence-electron chi connectivity index (χ2n) is 4.44. The predicted octanol–water partition coefficient (Wildman–Crippen LogP) is 2.74. The van der Waals surface area contributed by atoms with Crippen LogP contribution in [0.15, 0.2) is 36.4 Å². The Labute approximate surface area is 134 Å². The molecule has 0 radical (unpaired) electrons. The van der Waals surface area contributed by atoms with Gasteiger partial charge in [0, 0.05) is 17.2 Å². The smallest absolute Gasteiger partial charge is 0.274 e. The molecule has 2 amide bonds. The lowest BCUT2D eigenvalue weighted by atomic mass is 10.1. The van der Waals surface area contributed by atoms with Crippen LogP contribution in [0.25, 0.3) is 0 Å². The van der Waals surface area contributed by atoms with Crippen LogP contribution in [-0.4, -0.2) is 16.7 Å². The van der Waals surface area contributed by atoms with Gasteiger partial charge in [-0.3, -0.25) is 19.7 Å². The summed E-state index contributed by atoms with van der Waals surface area (Å²) in [5.74, 6) is -2.52. The summed E-state index contributed by atoms with van der Waals surface area (Å²) in [5.41, 5.74) is 4.33. The van der Waals surface area contributed by atoms with Gasteiger partial charge in [0.2, 0.25) is 5.91 Å². The fourth-order valence-electron chi connectivity index (χ4n) is 1.78. The van der Waals surface area contributed by atoms with E-state index in [4.69, 9.17) is 17.3 Å². The number of carbonyl (C=O) groups is 2. The highest BCUT2D eigenvalue weighted by Gasteiger charge is 2.18. The minimum Gasteiger partial charge on any atom is -0.366 e. The molecule has 0 aliphatic carbocycles. The van der Waals surface area contributed by atoms with Gasteiger partial charge in [-0.2, -0.15) is 0 Å². The number of nitrogens with one attached hydrogen (secondary N) is 1. The van der Waals surface area contributed by atoms with Gasteiger partial charge in [0.05, 0.1) is 21.7 Å². The minimum absolute atomic E-state index is 0.0510. The van der Waals surface area contributed by atoms with E-state index in [9.17, 15) is 24.1 Å². The number of nitro groups is 1. The molecule has 7 nitrogen and oxygen atoms in total. The molecule has 2 aromatic carbocycles. The van der Waals surface area contributed by atoms with E-state index >= 15 is 0 Å². The second kappa shape index (κ2) is 6.41. The first-order valence-corrected chi connectivity index (χ1v) is 6.52. The summed E-state index contributed by atoms with van der Waals surface area (Å²) in [6.07, 6.45) is 0. The van der Waals surface area contributed by atoms with Crippen molar-refractivity contribution >= 4 is 34.8 Å². The maximum Gasteiger partial charge on any atom is 0.274 e. The molecule has 2 rings (SSSR count). The zero-order valence-corrected chi connectivity index (χ0v) is 12.1. The van der Waals surface area contributed by atoms with Crippen LogP contribution >= 0.6 is 11.6 Å². The summed E-state index contributed by atoms with van der Waals surface area (Å²) in [6.45, 7) is 0. The van der Waals surface area contributed by atoms with Gasteiger partial charge in [-0.25, -0.2) is 4.39 Å². The summed E-state index contributed by atoms with van der Waals surface area (Å²) >= 11 is 5.76. The van der Waals surface area contributed by atoms with Crippen molar-refractivity contribution in [2.45, 2.75) is 0 Å². The largest absolute Gasteiger partial charge is 0.366 e. The van der Waals surface area contributed by atoms with E-state index in [-0.39, 0.29) is 16.1 Å². The van der Waals surface area contributed by atoms with Gasteiger partial charge < -0.3 is 11.1 Å². The van der Waals surface area contributed by atoms with E-state index < -0.39 is 33.9 Å². The highest BCUT2D eigenvalue weighted by molar-refractivity contribution is 6.34. The number of nitro benzene ring substituents is 1. The number of halogens is 2. The number of rotatable bonds is 4. The molecule has 0 spiro atoms. The molecule has 0 unspecified atom stereocenters. The molecule has 0 fully saturated rings. The number of hydrogen-bond acceptors (Lipinski definition) is 4. The van der Waals surface area contributed by atoms with Crippen molar-refractivity contribution in [2.24, 2.45) is 5.73 Å². The molecule has 2 aromatic rings. The minimum atomic E-state index is -1.05. The summed E-state index contributed by atoms with van der Waals surface area (Å²) < 4.78 is 13.9. The molecule has 0 atom stereocenters. The Balaban J connectivity index is 2.32. The Morgan fingerprint density at radius 1 is 1.22 bits per heavy atom. The molecular weight excluding hydrogens is 329 g/mol. The van der Waals surface area contributed by atoms with Crippen LogP contribution in [0.2, 0.25) is 5.02 Å². The topological polar surface area (TPSA) is 115 Å². The van der Waals surface area contributed by atoms with E-state index in [0.717, 1.165) is 6.07 Å². The molecule has 9 heteroatoms. The maximum absolute atomic E-state index is 13.9. The SMILES string of the molecule is NC(=O)c1cccc(C(=O)Nc2c(F)cc([N+](=O)[O-])cc2Cl)c1. The fraction of sp³-hybridized carbons (Fsp3) is 0. The van der Waals surface area contributed by atoms with Crippen molar-refractivity contribution in [3.63, 3.8) is 0 Å². The van der Waals surface area contributed by atoms with Gasteiger partial charge in [0.15, 0.2) is 5.82 Å². The molecule has 118 valence electrons. The average Bonchev–Trinajstić information content (AvgIpc) is 2.50. The van der Waals surface area contributed by atoms with Crippen molar-refractivity contribution in [3.05, 3.63) is 68.5 Å². The van der Waals surface area contributed by atoms with Crippen LogP contribution in [0.4, 0.5) is 15.8 Å². The van der Waals surface area contributed by atoms with Gasteiger partial charge >= 0.3 is 0 Å². The number of hydrogen-bond donors (Lipinski definition) is 2. The van der Waals surface area contributed by atoms with E-state index in [1.807, 2.05) is 0 Å². The van der Waals surface area contributed by atoms with Gasteiger partial charge in [-0.05, 0) is 18.2 Å². The highest BCUT2D eigenvalue weighted by Crippen LogP contribution is 2.30. The molecule has 0 aliphatic heterocycles. The van der Waals surface area contributed by atoms with E-state index in [2.05, 4.69) is 5.32 Å². The van der Waals surface area contributed by atoms with E-state index in [1.165, 1.54) is 24.3 Å². The van der Waals surface area contributed by atoms with Gasteiger partial charge in [-0.15, -0.1) is 0 Å². The Morgan fingerprint density at radius 3 is 2.43 bits per heavy atom. The summed E-state index contributed by atoms with van der Waals surface area (Å²) in [5, 5.41) is 12.5. The number of anilines is 1. The first-order valence-electron chi connectivity index (χ1n) is 6.14. The average molecular weight is 338 g/mol. The third kappa shape index (κ3) is 3.61. The number of amides is 2. The van der Waals surface area contributed by atoms with Crippen LogP contribution in [0.1, 0.15) is 20.7 Å². The molecule has 0 bridgehead atoms. The molecule has 0 saturated carbocycles. The molecular formula is C14H9ClFN3O4. The molecule has 0 saturated heterocycles. The van der Waals surface area contributed by atoms with Gasteiger partial charge in [-0.1, -0.05) is 17.7 Å². The van der Waals surface area contributed by atoms with Crippen molar-refractivity contribution in [3.8, 4) is 0 Å². The lowest BCUT2D eigenvalue weighted by molar-refractivity contribution is -0.385. The lowest BCUT2D eigenvalue weighted by Gasteiger charge is -2.09. The molecule has 0 heterocycles. The van der Waals surface area contributed by atoms with Crippen molar-refractivity contribution in [1.82, 2.24) is 0 Å². The second-order valence-corrected chi connectivity index (χ2v) is 4.85. The Bertz CT molecular complexity index is 802. The third-order valence-corrected chi connectivity index (χ3v) is 3.18. The van der Waals surface area contributed by atoms with Gasteiger partial charge in [0.25, 0.3) is 11.6 Å². The lowest BCUT2D eigenvalue weighted by Crippen LogP contribution is -2.16. The Hall–Kier alpha value is -3.00. The first-order chi connectivity index (χ1) is 10.8. The fourth-order valence-corrected chi connectivity index (χ4v) is 2.03. The number of nitrogens with zero attached hydrogens (tertiary/aromatic N) is 1. The number of non-ortho nitro benzene ring substituents is 1. The van der Waals surface area contributed by atoms with E-state index in [0.29, 0.717) is 6.07 Å². The number of benzene rings is 2. The van der Waals surface area contributed by atoms with Crippen molar-refractivity contribution in [1.29, 1.82) is 0 Å². The van der Waals surface area contributed by atoms with Crippen LogP contribution in [0, 0.1) is 15.9 Å². The summed E-state index contributed by atoms with van der Waals surface area (Å²) in [7, 11) is 0. The Morgan fingerprint density at radius 2 is 1.87 bits per heavy atom. The van der Waals surface area contributed by atoms with Crippen LogP contribution < -0.4 is 11.1 Å². The summed E-state index contributed by atoms with van der Waals surface area (Å²) in [4.78, 5) is 33.0. The molecule has 0 aromatic heterocycles. The first kappa shape index (κ1) is 16.4. The monoisotopic (exact) mass is 337 g/mol. The quantitative estimate of drug-likeness (QED) is 0.659. The molecule has 3 N–H and O–H groups in total. The van der Waals surface area contributed by atoms with E-state index in [1.54, 1.807) is 0 Å². The van der Waals surface area contributed by atoms with Crippen molar-refractivity contribution < 1.29 is 18.9 Å².